The number of carbonyl (C=O) groups excluding carboxylic acids is 1. The van der Waals surface area contributed by atoms with E-state index in [1.54, 1.807) is 0 Å². The van der Waals surface area contributed by atoms with E-state index in [0.717, 1.165) is 33.4 Å². The van der Waals surface area contributed by atoms with E-state index >= 15 is 0 Å². The molecule has 0 unspecified atom stereocenters. The van der Waals surface area contributed by atoms with Gasteiger partial charge in [-0.2, -0.15) is 0 Å². The molecule has 6 aromatic carbocycles. The molecule has 0 bridgehead atoms. The maximum Gasteiger partial charge on any atom is 0.193 e. The molecule has 0 amide bonds. The quantitative estimate of drug-likeness (QED) is 0.141. The zero-order chi connectivity index (χ0) is 51.1. The molecule has 0 heterocycles. The summed E-state index contributed by atoms with van der Waals surface area (Å²) in [6.45, 7) is 39.4. The zero-order valence-electron chi connectivity index (χ0n) is 44.8. The standard InChI is InChI=1S/C33H40O.C21H26O.C12H14/c1-30(2,3)25-12-10-24(11-13-25)22-23-33(34,28-18-14-26(15-19-28)31(4,5)6)29-20-16-27(17-21-29)32(7,8)9;1-20(2,3)17-11-7-15(8-12-17)19(22)16-9-13-18(14-10-16)21(4,5)6;1-5-10-6-8-11(9-7-10)12(2,3)4/h10-21,34H,1-9H3;7-14H,1-6H3;1,6-9H,2-4H3. The van der Waals surface area contributed by atoms with Crippen LogP contribution in [0.4, 0.5) is 0 Å². The first-order valence-corrected chi connectivity index (χ1v) is 24.1. The Kier molecular flexibility index (Phi) is 17.0. The van der Waals surface area contributed by atoms with Crippen molar-refractivity contribution in [3.05, 3.63) is 212 Å². The summed E-state index contributed by atoms with van der Waals surface area (Å²) in [5.74, 6) is 9.17. The van der Waals surface area contributed by atoms with Crippen molar-refractivity contribution < 1.29 is 9.90 Å². The van der Waals surface area contributed by atoms with E-state index in [-0.39, 0.29) is 38.3 Å². The van der Waals surface area contributed by atoms with Crippen molar-refractivity contribution in [2.45, 2.75) is 163 Å². The second-order valence-corrected chi connectivity index (χ2v) is 24.4. The highest BCUT2D eigenvalue weighted by atomic mass is 16.3. The lowest BCUT2D eigenvalue weighted by molar-refractivity contribution is 0.103. The van der Waals surface area contributed by atoms with E-state index in [9.17, 15) is 9.90 Å². The Morgan fingerprint density at radius 3 is 0.779 bits per heavy atom. The van der Waals surface area contributed by atoms with Crippen LogP contribution in [0.3, 0.4) is 0 Å². The van der Waals surface area contributed by atoms with Gasteiger partial charge in [-0.15, -0.1) is 6.42 Å². The molecule has 2 heteroatoms. The Balaban J connectivity index is 0.000000252. The fourth-order valence-electron chi connectivity index (χ4n) is 7.43. The molecule has 2 nitrogen and oxygen atoms in total. The molecule has 0 aliphatic rings. The fourth-order valence-corrected chi connectivity index (χ4v) is 7.43. The molecule has 0 spiro atoms. The average molecular weight is 905 g/mol. The van der Waals surface area contributed by atoms with Crippen LogP contribution >= 0.6 is 0 Å². The van der Waals surface area contributed by atoms with Crippen LogP contribution in [0.25, 0.3) is 0 Å². The van der Waals surface area contributed by atoms with Crippen molar-refractivity contribution in [1.29, 1.82) is 0 Å². The third-order valence-corrected chi connectivity index (χ3v) is 12.4. The molecule has 0 aromatic heterocycles. The lowest BCUT2D eigenvalue weighted by Gasteiger charge is -2.27. The van der Waals surface area contributed by atoms with Crippen molar-refractivity contribution in [1.82, 2.24) is 0 Å². The molecule has 0 fully saturated rings. The van der Waals surface area contributed by atoms with Crippen molar-refractivity contribution in [3.63, 3.8) is 0 Å². The van der Waals surface area contributed by atoms with Gasteiger partial charge in [0.1, 0.15) is 0 Å². The van der Waals surface area contributed by atoms with E-state index in [1.807, 2.05) is 72.8 Å². The van der Waals surface area contributed by atoms with E-state index in [1.165, 1.54) is 33.4 Å². The third-order valence-electron chi connectivity index (χ3n) is 12.4. The Labute approximate surface area is 413 Å². The number of hydrogen-bond donors (Lipinski definition) is 1. The highest BCUT2D eigenvalue weighted by molar-refractivity contribution is 6.09. The minimum absolute atomic E-state index is 0.0471. The van der Waals surface area contributed by atoms with E-state index in [0.29, 0.717) is 0 Å². The van der Waals surface area contributed by atoms with Crippen LogP contribution in [0.2, 0.25) is 0 Å². The zero-order valence-corrected chi connectivity index (χ0v) is 44.8. The summed E-state index contributed by atoms with van der Waals surface area (Å²) < 4.78 is 0. The van der Waals surface area contributed by atoms with Crippen molar-refractivity contribution in [3.8, 4) is 24.2 Å². The molecule has 0 radical (unpaired) electrons. The topological polar surface area (TPSA) is 37.3 Å². The van der Waals surface area contributed by atoms with Gasteiger partial charge < -0.3 is 5.11 Å². The van der Waals surface area contributed by atoms with Gasteiger partial charge in [0.2, 0.25) is 0 Å². The molecule has 0 saturated heterocycles. The van der Waals surface area contributed by atoms with Gasteiger partial charge in [-0.25, -0.2) is 0 Å². The molecule has 0 aliphatic heterocycles. The first kappa shape index (κ1) is 54.7. The lowest BCUT2D eigenvalue weighted by atomic mass is 9.81. The molecular weight excluding hydrogens is 825 g/mol. The highest BCUT2D eigenvalue weighted by Gasteiger charge is 2.31. The van der Waals surface area contributed by atoms with E-state index in [2.05, 4.69) is 215 Å². The Morgan fingerprint density at radius 2 is 0.544 bits per heavy atom. The Hall–Kier alpha value is -5.93. The minimum atomic E-state index is -1.41. The van der Waals surface area contributed by atoms with Gasteiger partial charge in [-0.05, 0) is 90.1 Å². The van der Waals surface area contributed by atoms with Crippen LogP contribution in [-0.4, -0.2) is 10.9 Å². The molecule has 6 rings (SSSR count). The van der Waals surface area contributed by atoms with Crippen LogP contribution in [0.5, 0.6) is 0 Å². The fraction of sp³-hybridized carbons (Fsp3) is 0.379. The summed E-state index contributed by atoms with van der Waals surface area (Å²) >= 11 is 0. The van der Waals surface area contributed by atoms with Crippen molar-refractivity contribution >= 4 is 5.78 Å². The van der Waals surface area contributed by atoms with E-state index in [4.69, 9.17) is 6.42 Å². The monoisotopic (exact) mass is 905 g/mol. The first-order valence-electron chi connectivity index (χ1n) is 24.1. The summed E-state index contributed by atoms with van der Waals surface area (Å²) in [6.07, 6.45) is 5.26. The van der Waals surface area contributed by atoms with Gasteiger partial charge in [0.25, 0.3) is 0 Å². The van der Waals surface area contributed by atoms with Crippen molar-refractivity contribution in [2.75, 3.05) is 0 Å². The molecule has 1 N–H and O–H groups in total. The highest BCUT2D eigenvalue weighted by Crippen LogP contribution is 2.34. The van der Waals surface area contributed by atoms with Crippen LogP contribution in [0.15, 0.2) is 146 Å². The molecule has 0 aliphatic carbocycles. The summed E-state index contributed by atoms with van der Waals surface area (Å²) in [5.41, 5.74) is 11.6. The average Bonchev–Trinajstić information content (AvgIpc) is 3.27. The first-order chi connectivity index (χ1) is 31.2. The lowest BCUT2D eigenvalue weighted by Crippen LogP contribution is -2.26. The smallest absolute Gasteiger partial charge is 0.193 e. The number of carbonyl (C=O) groups is 1. The largest absolute Gasteiger partial charge is 0.369 e. The number of rotatable bonds is 4. The van der Waals surface area contributed by atoms with Gasteiger partial charge in [0.15, 0.2) is 11.4 Å². The number of terminal acetylenes is 1. The van der Waals surface area contributed by atoms with Gasteiger partial charge in [-0.3, -0.25) is 4.79 Å². The summed E-state index contributed by atoms with van der Waals surface area (Å²) in [4.78, 5) is 12.6. The number of benzene rings is 6. The second kappa shape index (κ2) is 21.2. The molecule has 0 atom stereocenters. The number of hydrogen-bond acceptors (Lipinski definition) is 2. The van der Waals surface area contributed by atoms with Crippen LogP contribution in [0, 0.1) is 24.2 Å². The SMILES string of the molecule is C#Cc1ccc(C(C)(C)C)cc1.CC(C)(C)c1ccc(C#CC(O)(c2ccc(C(C)(C)C)cc2)c2ccc(C(C)(C)C)cc2)cc1.CC(C)(C)c1ccc(C(=O)c2ccc(C(C)(C)C)cc2)cc1. The van der Waals surface area contributed by atoms with Crippen molar-refractivity contribution in [2.24, 2.45) is 0 Å². The van der Waals surface area contributed by atoms with Gasteiger partial charge in [0, 0.05) is 33.4 Å². The molecular formula is C66H80O2. The number of ketones is 1. The minimum Gasteiger partial charge on any atom is -0.369 e. The third kappa shape index (κ3) is 15.0. The maximum absolute atomic E-state index is 12.6. The van der Waals surface area contributed by atoms with Crippen LogP contribution in [0.1, 0.15) is 196 Å². The Morgan fingerprint density at radius 1 is 0.338 bits per heavy atom. The van der Waals surface area contributed by atoms with E-state index < -0.39 is 5.60 Å². The summed E-state index contributed by atoms with van der Waals surface area (Å²) in [7, 11) is 0. The number of aliphatic hydroxyl groups is 1. The Bertz CT molecular complexity index is 2550. The van der Waals surface area contributed by atoms with Gasteiger partial charge in [-0.1, -0.05) is 264 Å². The van der Waals surface area contributed by atoms with Gasteiger partial charge in [0.05, 0.1) is 0 Å². The molecule has 356 valence electrons. The van der Waals surface area contributed by atoms with Crippen LogP contribution in [-0.2, 0) is 38.1 Å². The molecule has 0 saturated carbocycles. The normalized spacial score (nSPS) is 12.3. The molecule has 6 aromatic rings. The predicted molar refractivity (Wildman–Crippen MR) is 292 cm³/mol. The predicted octanol–water partition coefficient (Wildman–Crippen LogP) is 16.3. The molecule has 68 heavy (non-hydrogen) atoms. The van der Waals surface area contributed by atoms with Crippen LogP contribution < -0.4 is 0 Å². The van der Waals surface area contributed by atoms with Gasteiger partial charge >= 0.3 is 0 Å². The summed E-state index contributed by atoms with van der Waals surface area (Å²) in [5, 5.41) is 12.0. The second-order valence-electron chi connectivity index (χ2n) is 24.4. The summed E-state index contributed by atoms with van der Waals surface area (Å²) in [6, 6.07) is 48.9. The maximum atomic E-state index is 12.6.